The summed E-state index contributed by atoms with van der Waals surface area (Å²) in [5.74, 6) is 0. The van der Waals surface area contributed by atoms with Crippen molar-refractivity contribution in [1.82, 2.24) is 10.6 Å². The number of carbonyl (C=O) groups is 1. The molecular formula is C15H30N2O4. The van der Waals surface area contributed by atoms with Crippen molar-refractivity contribution in [3.05, 3.63) is 0 Å². The van der Waals surface area contributed by atoms with Gasteiger partial charge in [-0.25, -0.2) is 4.79 Å². The third-order valence-corrected chi connectivity index (χ3v) is 3.47. The predicted molar refractivity (Wildman–Crippen MR) is 81.3 cm³/mol. The first-order valence-corrected chi connectivity index (χ1v) is 7.69. The van der Waals surface area contributed by atoms with E-state index in [-0.39, 0.29) is 24.8 Å². The number of ether oxygens (including phenoxy) is 2. The molecule has 1 fully saturated rings. The summed E-state index contributed by atoms with van der Waals surface area (Å²) in [5.41, 5.74) is -0.467. The molecule has 3 atom stereocenters. The van der Waals surface area contributed by atoms with Crippen LogP contribution in [0.5, 0.6) is 0 Å². The van der Waals surface area contributed by atoms with Crippen LogP contribution < -0.4 is 10.6 Å². The van der Waals surface area contributed by atoms with Crippen molar-refractivity contribution >= 4 is 6.09 Å². The largest absolute Gasteiger partial charge is 0.444 e. The summed E-state index contributed by atoms with van der Waals surface area (Å²) >= 11 is 0. The summed E-state index contributed by atoms with van der Waals surface area (Å²) in [6, 6.07) is 0.650. The number of hydrogen-bond acceptors (Lipinski definition) is 5. The van der Waals surface area contributed by atoms with E-state index >= 15 is 0 Å². The molecule has 124 valence electrons. The van der Waals surface area contributed by atoms with Crippen molar-refractivity contribution in [2.75, 3.05) is 20.3 Å². The molecule has 0 aromatic carbocycles. The van der Waals surface area contributed by atoms with Crippen LogP contribution in [0.25, 0.3) is 0 Å². The highest BCUT2D eigenvalue weighted by atomic mass is 16.6. The van der Waals surface area contributed by atoms with Crippen molar-refractivity contribution in [2.24, 2.45) is 0 Å². The quantitative estimate of drug-likeness (QED) is 0.663. The highest BCUT2D eigenvalue weighted by Gasteiger charge is 2.28. The standard InChI is InChI=1S/C15H30N2O4/c1-15(2,3)21-14(19)17-12-6-5-11(9-12)16-13(7-8-18)10-20-4/h11-13,16,18H,5-10H2,1-4H3,(H,17,19). The molecule has 0 aromatic heterocycles. The maximum absolute atomic E-state index is 11.7. The first-order chi connectivity index (χ1) is 9.84. The number of carbonyl (C=O) groups excluding carboxylic acids is 1. The molecule has 0 bridgehead atoms. The Balaban J connectivity index is 2.33. The topological polar surface area (TPSA) is 79.8 Å². The van der Waals surface area contributed by atoms with Gasteiger partial charge in [-0.05, 0) is 46.5 Å². The number of amides is 1. The second-order valence-electron chi connectivity index (χ2n) is 6.68. The SMILES string of the molecule is COCC(CCO)NC1CCC(NC(=O)OC(C)(C)C)C1. The summed E-state index contributed by atoms with van der Waals surface area (Å²) in [5, 5.41) is 15.5. The first kappa shape index (κ1) is 18.2. The molecule has 21 heavy (non-hydrogen) atoms. The van der Waals surface area contributed by atoms with Crippen LogP contribution in [0, 0.1) is 0 Å². The fourth-order valence-electron chi connectivity index (χ4n) is 2.64. The molecular weight excluding hydrogens is 272 g/mol. The van der Waals surface area contributed by atoms with Gasteiger partial charge >= 0.3 is 6.09 Å². The zero-order valence-electron chi connectivity index (χ0n) is 13.6. The summed E-state index contributed by atoms with van der Waals surface area (Å²) < 4.78 is 10.4. The lowest BCUT2D eigenvalue weighted by Crippen LogP contribution is -2.42. The number of rotatable bonds is 7. The van der Waals surface area contributed by atoms with Crippen molar-refractivity contribution in [2.45, 2.75) is 70.2 Å². The molecule has 0 heterocycles. The van der Waals surface area contributed by atoms with Crippen LogP contribution in [-0.2, 0) is 9.47 Å². The third kappa shape index (κ3) is 7.64. The lowest BCUT2D eigenvalue weighted by Gasteiger charge is -2.23. The minimum atomic E-state index is -0.467. The van der Waals surface area contributed by atoms with E-state index in [1.807, 2.05) is 20.8 Å². The third-order valence-electron chi connectivity index (χ3n) is 3.47. The van der Waals surface area contributed by atoms with Crippen molar-refractivity contribution < 1.29 is 19.4 Å². The first-order valence-electron chi connectivity index (χ1n) is 7.69. The number of nitrogens with one attached hydrogen (secondary N) is 2. The van der Waals surface area contributed by atoms with Crippen LogP contribution in [0.15, 0.2) is 0 Å². The fourth-order valence-corrected chi connectivity index (χ4v) is 2.64. The molecule has 6 nitrogen and oxygen atoms in total. The number of hydrogen-bond donors (Lipinski definition) is 3. The Bertz CT molecular complexity index is 311. The lowest BCUT2D eigenvalue weighted by atomic mass is 10.1. The number of alkyl carbamates (subject to hydrolysis) is 1. The highest BCUT2D eigenvalue weighted by Crippen LogP contribution is 2.20. The summed E-state index contributed by atoms with van der Waals surface area (Å²) in [4.78, 5) is 11.7. The van der Waals surface area contributed by atoms with E-state index in [2.05, 4.69) is 10.6 Å². The van der Waals surface area contributed by atoms with E-state index in [0.29, 0.717) is 19.1 Å². The molecule has 1 aliphatic carbocycles. The Morgan fingerprint density at radius 3 is 2.57 bits per heavy atom. The second kappa shape index (κ2) is 8.56. The second-order valence-corrected chi connectivity index (χ2v) is 6.68. The molecule has 6 heteroatoms. The summed E-state index contributed by atoms with van der Waals surface area (Å²) in [6.07, 6.45) is 3.15. The maximum Gasteiger partial charge on any atom is 0.407 e. The maximum atomic E-state index is 11.7. The zero-order chi connectivity index (χ0) is 15.9. The fraction of sp³-hybridized carbons (Fsp3) is 0.933. The smallest absolute Gasteiger partial charge is 0.407 e. The molecule has 1 saturated carbocycles. The van der Waals surface area contributed by atoms with Crippen molar-refractivity contribution in [3.63, 3.8) is 0 Å². The Hall–Kier alpha value is -0.850. The lowest BCUT2D eigenvalue weighted by molar-refractivity contribution is 0.0505. The monoisotopic (exact) mass is 302 g/mol. The number of aliphatic hydroxyl groups is 1. The van der Waals surface area contributed by atoms with Crippen molar-refractivity contribution in [1.29, 1.82) is 0 Å². The van der Waals surface area contributed by atoms with Gasteiger partial charge in [-0.3, -0.25) is 0 Å². The van der Waals surface area contributed by atoms with Gasteiger partial charge in [0, 0.05) is 31.8 Å². The van der Waals surface area contributed by atoms with Gasteiger partial charge in [-0.2, -0.15) is 0 Å². The van der Waals surface area contributed by atoms with Gasteiger partial charge in [-0.1, -0.05) is 0 Å². The molecule has 1 rings (SSSR count). The zero-order valence-corrected chi connectivity index (χ0v) is 13.6. The Morgan fingerprint density at radius 2 is 2.00 bits per heavy atom. The number of methoxy groups -OCH3 is 1. The highest BCUT2D eigenvalue weighted by molar-refractivity contribution is 5.68. The minimum absolute atomic E-state index is 0.146. The molecule has 0 aliphatic heterocycles. The Labute approximate surface area is 127 Å². The minimum Gasteiger partial charge on any atom is -0.444 e. The van der Waals surface area contributed by atoms with Gasteiger partial charge in [-0.15, -0.1) is 0 Å². The molecule has 1 aliphatic rings. The normalized spacial score (nSPS) is 23.9. The number of aliphatic hydroxyl groups excluding tert-OH is 1. The molecule has 0 spiro atoms. The van der Waals surface area contributed by atoms with E-state index in [1.54, 1.807) is 7.11 Å². The van der Waals surface area contributed by atoms with Gasteiger partial charge < -0.3 is 25.2 Å². The Morgan fingerprint density at radius 1 is 1.33 bits per heavy atom. The molecule has 3 N–H and O–H groups in total. The average Bonchev–Trinajstić information content (AvgIpc) is 2.74. The predicted octanol–water partition coefficient (Wildman–Crippen LogP) is 1.42. The van der Waals surface area contributed by atoms with Gasteiger partial charge in [0.1, 0.15) is 5.60 Å². The van der Waals surface area contributed by atoms with Crippen LogP contribution in [0.2, 0.25) is 0 Å². The molecule has 3 unspecified atom stereocenters. The molecule has 0 saturated heterocycles. The van der Waals surface area contributed by atoms with E-state index in [1.165, 1.54) is 0 Å². The van der Waals surface area contributed by atoms with Crippen LogP contribution in [0.4, 0.5) is 4.79 Å². The Kier molecular flexibility index (Phi) is 7.42. The van der Waals surface area contributed by atoms with Crippen LogP contribution in [0.3, 0.4) is 0 Å². The summed E-state index contributed by atoms with van der Waals surface area (Å²) in [6.45, 7) is 6.30. The van der Waals surface area contributed by atoms with Crippen molar-refractivity contribution in [3.8, 4) is 0 Å². The molecule has 0 aromatic rings. The van der Waals surface area contributed by atoms with E-state index in [9.17, 15) is 4.79 Å². The van der Waals surface area contributed by atoms with Gasteiger partial charge in [0.15, 0.2) is 0 Å². The van der Waals surface area contributed by atoms with Gasteiger partial charge in [0.05, 0.1) is 6.61 Å². The van der Waals surface area contributed by atoms with Crippen LogP contribution in [-0.4, -0.2) is 55.2 Å². The average molecular weight is 302 g/mol. The van der Waals surface area contributed by atoms with Gasteiger partial charge in [0.25, 0.3) is 0 Å². The van der Waals surface area contributed by atoms with E-state index in [4.69, 9.17) is 14.6 Å². The van der Waals surface area contributed by atoms with Crippen LogP contribution in [0.1, 0.15) is 46.5 Å². The van der Waals surface area contributed by atoms with E-state index in [0.717, 1.165) is 19.3 Å². The molecule has 1 amide bonds. The van der Waals surface area contributed by atoms with Crippen LogP contribution >= 0.6 is 0 Å². The molecule has 0 radical (unpaired) electrons. The summed E-state index contributed by atoms with van der Waals surface area (Å²) in [7, 11) is 1.66. The van der Waals surface area contributed by atoms with Gasteiger partial charge in [0.2, 0.25) is 0 Å². The van der Waals surface area contributed by atoms with E-state index < -0.39 is 5.60 Å².